The summed E-state index contributed by atoms with van der Waals surface area (Å²) < 4.78 is 0. The highest BCUT2D eigenvalue weighted by molar-refractivity contribution is 5.93. The fourth-order valence-corrected chi connectivity index (χ4v) is 1.87. The molecule has 0 bridgehead atoms. The van der Waals surface area contributed by atoms with Gasteiger partial charge in [-0.1, -0.05) is 42.5 Å². The van der Waals surface area contributed by atoms with Gasteiger partial charge in [0, 0.05) is 5.56 Å². The van der Waals surface area contributed by atoms with Crippen molar-refractivity contribution >= 4 is 5.91 Å². The fraction of sp³-hybridized carbons (Fsp3) is 0.133. The van der Waals surface area contributed by atoms with Crippen LogP contribution in [0.15, 0.2) is 54.6 Å². The number of aryl methyl sites for hydroxylation is 2. The molecule has 92 valence electrons. The van der Waals surface area contributed by atoms with Gasteiger partial charge < -0.3 is 0 Å². The normalized spacial score (nSPS) is 10.1. The van der Waals surface area contributed by atoms with E-state index in [1.807, 2.05) is 30.3 Å². The molecule has 0 aromatic heterocycles. The molecule has 18 heavy (non-hydrogen) atoms. The minimum atomic E-state index is -0.475. The topological polar surface area (TPSA) is 49.3 Å². The van der Waals surface area contributed by atoms with E-state index in [9.17, 15) is 4.79 Å². The SMILES string of the molecule is O=C(NO)c1cccc(CCc2ccccc2)c1. The Bertz CT molecular complexity index is 523. The summed E-state index contributed by atoms with van der Waals surface area (Å²) in [5, 5.41) is 8.59. The number of rotatable bonds is 4. The number of carbonyl (C=O) groups is 1. The third-order valence-corrected chi connectivity index (χ3v) is 2.84. The zero-order chi connectivity index (χ0) is 12.8. The van der Waals surface area contributed by atoms with Gasteiger partial charge in [0.05, 0.1) is 0 Å². The highest BCUT2D eigenvalue weighted by Crippen LogP contribution is 2.09. The molecule has 0 radical (unpaired) electrons. The molecule has 0 saturated carbocycles. The van der Waals surface area contributed by atoms with E-state index < -0.39 is 5.91 Å². The lowest BCUT2D eigenvalue weighted by molar-refractivity contribution is 0.0706. The molecule has 0 spiro atoms. The number of benzene rings is 2. The zero-order valence-corrected chi connectivity index (χ0v) is 9.97. The van der Waals surface area contributed by atoms with Gasteiger partial charge in [0.25, 0.3) is 5.91 Å². The van der Waals surface area contributed by atoms with Crippen LogP contribution in [0, 0.1) is 0 Å². The summed E-state index contributed by atoms with van der Waals surface area (Å²) in [6.45, 7) is 0. The Morgan fingerprint density at radius 3 is 2.33 bits per heavy atom. The number of hydrogen-bond acceptors (Lipinski definition) is 2. The first-order valence-corrected chi connectivity index (χ1v) is 5.87. The molecule has 2 rings (SSSR count). The van der Waals surface area contributed by atoms with E-state index in [0.717, 1.165) is 18.4 Å². The minimum absolute atomic E-state index is 0.475. The maximum atomic E-state index is 11.3. The molecule has 1 amide bonds. The first kappa shape index (κ1) is 12.3. The Labute approximate surface area is 106 Å². The molecule has 0 aliphatic rings. The van der Waals surface area contributed by atoms with E-state index in [1.165, 1.54) is 5.56 Å². The van der Waals surface area contributed by atoms with Crippen LogP contribution in [0.3, 0.4) is 0 Å². The first-order valence-electron chi connectivity index (χ1n) is 5.87. The molecule has 3 heteroatoms. The quantitative estimate of drug-likeness (QED) is 0.638. The van der Waals surface area contributed by atoms with E-state index in [-0.39, 0.29) is 0 Å². The highest BCUT2D eigenvalue weighted by atomic mass is 16.5. The number of carbonyl (C=O) groups excluding carboxylic acids is 1. The van der Waals surface area contributed by atoms with E-state index in [1.54, 1.807) is 17.6 Å². The largest absolute Gasteiger partial charge is 0.288 e. The van der Waals surface area contributed by atoms with Crippen LogP contribution in [0.5, 0.6) is 0 Å². The van der Waals surface area contributed by atoms with Gasteiger partial charge in [-0.2, -0.15) is 0 Å². The van der Waals surface area contributed by atoms with Crippen molar-refractivity contribution in [2.75, 3.05) is 0 Å². The summed E-state index contributed by atoms with van der Waals surface area (Å²) in [5.41, 5.74) is 4.47. The number of amides is 1. The minimum Gasteiger partial charge on any atom is -0.288 e. The van der Waals surface area contributed by atoms with Crippen molar-refractivity contribution in [3.05, 3.63) is 71.3 Å². The Hall–Kier alpha value is -2.13. The predicted molar refractivity (Wildman–Crippen MR) is 69.5 cm³/mol. The fourth-order valence-electron chi connectivity index (χ4n) is 1.87. The third kappa shape index (κ3) is 3.18. The van der Waals surface area contributed by atoms with Gasteiger partial charge in [-0.25, -0.2) is 5.48 Å². The van der Waals surface area contributed by atoms with Crippen molar-refractivity contribution in [2.45, 2.75) is 12.8 Å². The van der Waals surface area contributed by atoms with Crippen LogP contribution < -0.4 is 5.48 Å². The van der Waals surface area contributed by atoms with Crippen molar-refractivity contribution < 1.29 is 10.0 Å². The van der Waals surface area contributed by atoms with Crippen LogP contribution in [0.1, 0.15) is 21.5 Å². The predicted octanol–water partition coefficient (Wildman–Crippen LogP) is 2.59. The van der Waals surface area contributed by atoms with Gasteiger partial charge in [-0.15, -0.1) is 0 Å². The van der Waals surface area contributed by atoms with Crippen molar-refractivity contribution in [2.24, 2.45) is 0 Å². The summed E-state index contributed by atoms with van der Waals surface area (Å²) in [6.07, 6.45) is 1.81. The van der Waals surface area contributed by atoms with Gasteiger partial charge in [-0.3, -0.25) is 10.0 Å². The summed E-state index contributed by atoms with van der Waals surface area (Å²) in [5.74, 6) is -0.475. The molecule has 3 nitrogen and oxygen atoms in total. The van der Waals surface area contributed by atoms with Crippen molar-refractivity contribution in [1.82, 2.24) is 5.48 Å². The first-order chi connectivity index (χ1) is 8.79. The summed E-state index contributed by atoms with van der Waals surface area (Å²) in [6, 6.07) is 17.5. The summed E-state index contributed by atoms with van der Waals surface area (Å²) in [7, 11) is 0. The second-order valence-electron chi connectivity index (χ2n) is 4.13. The van der Waals surface area contributed by atoms with Crippen molar-refractivity contribution in [3.63, 3.8) is 0 Å². The average Bonchev–Trinajstić information content (AvgIpc) is 2.45. The second kappa shape index (κ2) is 5.98. The lowest BCUT2D eigenvalue weighted by atomic mass is 10.0. The molecule has 0 aliphatic carbocycles. The molecule has 0 heterocycles. The summed E-state index contributed by atoms with van der Waals surface area (Å²) in [4.78, 5) is 11.3. The van der Waals surface area contributed by atoms with Gasteiger partial charge in [0.1, 0.15) is 0 Å². The zero-order valence-electron chi connectivity index (χ0n) is 9.97. The number of hydrogen-bond donors (Lipinski definition) is 2. The van der Waals surface area contributed by atoms with Crippen LogP contribution in [0.2, 0.25) is 0 Å². The lowest BCUT2D eigenvalue weighted by Crippen LogP contribution is -2.18. The second-order valence-corrected chi connectivity index (χ2v) is 4.13. The molecule has 2 aromatic carbocycles. The molecule has 0 unspecified atom stereocenters. The monoisotopic (exact) mass is 241 g/mol. The van der Waals surface area contributed by atoms with Crippen LogP contribution in [-0.4, -0.2) is 11.1 Å². The molecular formula is C15H15NO2. The number of hydroxylamine groups is 1. The molecule has 0 aliphatic heterocycles. The van der Waals surface area contributed by atoms with E-state index >= 15 is 0 Å². The van der Waals surface area contributed by atoms with Gasteiger partial charge in [0.2, 0.25) is 0 Å². The van der Waals surface area contributed by atoms with Crippen LogP contribution in [-0.2, 0) is 12.8 Å². The van der Waals surface area contributed by atoms with E-state index in [0.29, 0.717) is 5.56 Å². The van der Waals surface area contributed by atoms with Gasteiger partial charge in [0.15, 0.2) is 0 Å². The molecule has 0 atom stereocenters. The summed E-state index contributed by atoms with van der Waals surface area (Å²) >= 11 is 0. The lowest BCUT2D eigenvalue weighted by Gasteiger charge is -2.04. The molecule has 0 saturated heterocycles. The van der Waals surface area contributed by atoms with Crippen LogP contribution in [0.4, 0.5) is 0 Å². The highest BCUT2D eigenvalue weighted by Gasteiger charge is 2.04. The Morgan fingerprint density at radius 2 is 1.61 bits per heavy atom. The van der Waals surface area contributed by atoms with Gasteiger partial charge >= 0.3 is 0 Å². The Morgan fingerprint density at radius 1 is 0.944 bits per heavy atom. The van der Waals surface area contributed by atoms with E-state index in [2.05, 4.69) is 12.1 Å². The van der Waals surface area contributed by atoms with Gasteiger partial charge in [-0.05, 0) is 36.1 Å². The number of nitrogens with one attached hydrogen (secondary N) is 1. The third-order valence-electron chi connectivity index (χ3n) is 2.84. The van der Waals surface area contributed by atoms with Crippen molar-refractivity contribution in [3.8, 4) is 0 Å². The van der Waals surface area contributed by atoms with Crippen LogP contribution in [0.25, 0.3) is 0 Å². The van der Waals surface area contributed by atoms with Crippen molar-refractivity contribution in [1.29, 1.82) is 0 Å². The maximum Gasteiger partial charge on any atom is 0.274 e. The molecule has 2 N–H and O–H groups in total. The Balaban J connectivity index is 2.04. The standard InChI is InChI=1S/C15H15NO2/c17-15(16-18)14-8-4-7-13(11-14)10-9-12-5-2-1-3-6-12/h1-8,11,18H,9-10H2,(H,16,17). The molecule has 2 aromatic rings. The Kier molecular flexibility index (Phi) is 4.10. The van der Waals surface area contributed by atoms with E-state index in [4.69, 9.17) is 5.21 Å². The molecular weight excluding hydrogens is 226 g/mol. The molecule has 0 fully saturated rings. The smallest absolute Gasteiger partial charge is 0.274 e. The maximum absolute atomic E-state index is 11.3. The average molecular weight is 241 g/mol. The van der Waals surface area contributed by atoms with Crippen LogP contribution >= 0.6 is 0 Å².